The van der Waals surface area contributed by atoms with E-state index in [-0.39, 0.29) is 0 Å². The number of unbranched alkanes of at least 4 members (excludes halogenated alkanes) is 1. The van der Waals surface area contributed by atoms with E-state index < -0.39 is 0 Å². The molecule has 0 saturated carbocycles. The van der Waals surface area contributed by atoms with Crippen LogP contribution in [0.3, 0.4) is 0 Å². The number of nitrogens with zero attached hydrogens (tertiary/aromatic N) is 2. The lowest BCUT2D eigenvalue weighted by atomic mass is 10.2. The van der Waals surface area contributed by atoms with Gasteiger partial charge in [-0.1, -0.05) is 37.6 Å². The lowest BCUT2D eigenvalue weighted by Crippen LogP contribution is -2.05. The molecule has 2 N–H and O–H groups in total. The Balaban J connectivity index is 1.99. The Hall–Kier alpha value is -2.29. The summed E-state index contributed by atoms with van der Waals surface area (Å²) in [5, 5.41) is 0. The number of hydrogen-bond acceptors (Lipinski definition) is 2. The highest BCUT2D eigenvalue weighted by Gasteiger charge is 2.10. The Kier molecular flexibility index (Phi) is 3.91. The van der Waals surface area contributed by atoms with Crippen LogP contribution in [0.1, 0.15) is 31.2 Å². The number of nitrogen functional groups attached to an aromatic ring is 1. The summed E-state index contributed by atoms with van der Waals surface area (Å²) in [5.74, 6) is 1.18. The number of imidazole rings is 1. The van der Waals surface area contributed by atoms with Crippen LogP contribution in [0.4, 0.5) is 5.69 Å². The van der Waals surface area contributed by atoms with Crippen LogP contribution in [0.15, 0.2) is 48.5 Å². The molecule has 0 saturated heterocycles. The molecule has 21 heavy (non-hydrogen) atoms. The van der Waals surface area contributed by atoms with Gasteiger partial charge in [0.1, 0.15) is 5.82 Å². The van der Waals surface area contributed by atoms with Gasteiger partial charge >= 0.3 is 0 Å². The van der Waals surface area contributed by atoms with Crippen molar-refractivity contribution in [3.05, 3.63) is 59.9 Å². The third kappa shape index (κ3) is 2.92. The summed E-state index contributed by atoms with van der Waals surface area (Å²) in [6.45, 7) is 3.06. The van der Waals surface area contributed by atoms with Crippen LogP contribution in [0.25, 0.3) is 11.0 Å². The third-order valence-electron chi connectivity index (χ3n) is 3.81. The minimum atomic E-state index is 0.806. The first-order valence-corrected chi connectivity index (χ1v) is 7.56. The zero-order valence-electron chi connectivity index (χ0n) is 12.4. The second-order valence-electron chi connectivity index (χ2n) is 5.45. The zero-order chi connectivity index (χ0) is 14.7. The van der Waals surface area contributed by atoms with Crippen molar-refractivity contribution < 1.29 is 0 Å². The van der Waals surface area contributed by atoms with Gasteiger partial charge in [-0.3, -0.25) is 0 Å². The fraction of sp³-hybridized carbons (Fsp3) is 0.278. The molecule has 2 aromatic carbocycles. The molecule has 0 fully saturated rings. The minimum absolute atomic E-state index is 0.806. The summed E-state index contributed by atoms with van der Waals surface area (Å²) < 4.78 is 2.33. The van der Waals surface area contributed by atoms with Crippen molar-refractivity contribution in [1.82, 2.24) is 9.55 Å². The van der Waals surface area contributed by atoms with E-state index in [1.54, 1.807) is 0 Å². The Labute approximate surface area is 125 Å². The SMILES string of the molecule is CCCCc1nc2ccccc2n1Cc1ccc(N)cc1. The molecule has 0 unspecified atom stereocenters. The summed E-state index contributed by atoms with van der Waals surface area (Å²) in [6.07, 6.45) is 3.39. The van der Waals surface area contributed by atoms with E-state index in [2.05, 4.69) is 41.8 Å². The van der Waals surface area contributed by atoms with Crippen molar-refractivity contribution in [2.24, 2.45) is 0 Å². The normalized spacial score (nSPS) is 11.1. The summed E-state index contributed by atoms with van der Waals surface area (Å²) in [5.41, 5.74) is 10.1. The molecule has 0 aliphatic heterocycles. The molecule has 1 aromatic heterocycles. The lowest BCUT2D eigenvalue weighted by molar-refractivity contribution is 0.690. The molecule has 3 rings (SSSR count). The van der Waals surface area contributed by atoms with Crippen LogP contribution in [0, 0.1) is 0 Å². The fourth-order valence-corrected chi connectivity index (χ4v) is 2.63. The van der Waals surface area contributed by atoms with Gasteiger partial charge in [0, 0.05) is 18.7 Å². The minimum Gasteiger partial charge on any atom is -0.399 e. The molecule has 3 heteroatoms. The van der Waals surface area contributed by atoms with Gasteiger partial charge in [-0.05, 0) is 36.2 Å². The standard InChI is InChI=1S/C18H21N3/c1-2-3-8-18-20-16-6-4-5-7-17(16)21(18)13-14-9-11-15(19)12-10-14/h4-7,9-12H,2-3,8,13,19H2,1H3. The second kappa shape index (κ2) is 6.00. The quantitative estimate of drug-likeness (QED) is 0.717. The highest BCUT2D eigenvalue weighted by atomic mass is 15.1. The molecule has 0 radical (unpaired) electrons. The summed E-state index contributed by atoms with van der Waals surface area (Å²) in [7, 11) is 0. The maximum Gasteiger partial charge on any atom is 0.110 e. The molecule has 108 valence electrons. The largest absolute Gasteiger partial charge is 0.399 e. The third-order valence-corrected chi connectivity index (χ3v) is 3.81. The molecule has 0 atom stereocenters. The van der Waals surface area contributed by atoms with Crippen molar-refractivity contribution in [3.8, 4) is 0 Å². The maximum atomic E-state index is 5.77. The number of rotatable bonds is 5. The smallest absolute Gasteiger partial charge is 0.110 e. The van der Waals surface area contributed by atoms with Crippen molar-refractivity contribution in [1.29, 1.82) is 0 Å². The van der Waals surface area contributed by atoms with E-state index in [4.69, 9.17) is 10.7 Å². The number of anilines is 1. The van der Waals surface area contributed by atoms with Crippen molar-refractivity contribution in [3.63, 3.8) is 0 Å². The van der Waals surface area contributed by atoms with E-state index in [0.29, 0.717) is 0 Å². The first kappa shape index (κ1) is 13.7. The van der Waals surface area contributed by atoms with Gasteiger partial charge in [-0.25, -0.2) is 4.98 Å². The van der Waals surface area contributed by atoms with Gasteiger partial charge in [0.2, 0.25) is 0 Å². The van der Waals surface area contributed by atoms with E-state index in [1.807, 2.05) is 18.2 Å². The number of benzene rings is 2. The van der Waals surface area contributed by atoms with Gasteiger partial charge in [0.15, 0.2) is 0 Å². The Morgan fingerprint density at radius 2 is 1.81 bits per heavy atom. The monoisotopic (exact) mass is 279 g/mol. The molecule has 0 spiro atoms. The molecular weight excluding hydrogens is 258 g/mol. The number of aromatic nitrogens is 2. The average Bonchev–Trinajstić information content (AvgIpc) is 2.85. The summed E-state index contributed by atoms with van der Waals surface area (Å²) >= 11 is 0. The van der Waals surface area contributed by atoms with E-state index >= 15 is 0 Å². The van der Waals surface area contributed by atoms with Crippen LogP contribution in [-0.4, -0.2) is 9.55 Å². The van der Waals surface area contributed by atoms with Crippen molar-refractivity contribution in [2.45, 2.75) is 32.7 Å². The first-order valence-electron chi connectivity index (χ1n) is 7.56. The number of nitrogens with two attached hydrogens (primary N) is 1. The number of hydrogen-bond donors (Lipinski definition) is 1. The molecule has 3 aromatic rings. The van der Waals surface area contributed by atoms with Gasteiger partial charge in [0.25, 0.3) is 0 Å². The van der Waals surface area contributed by atoms with Crippen LogP contribution >= 0.6 is 0 Å². The van der Waals surface area contributed by atoms with Crippen LogP contribution < -0.4 is 5.73 Å². The molecule has 3 nitrogen and oxygen atoms in total. The van der Waals surface area contributed by atoms with Crippen molar-refractivity contribution in [2.75, 3.05) is 5.73 Å². The number of fused-ring (bicyclic) bond motifs is 1. The summed E-state index contributed by atoms with van der Waals surface area (Å²) in [4.78, 5) is 4.80. The predicted octanol–water partition coefficient (Wildman–Crippen LogP) is 4.01. The highest BCUT2D eigenvalue weighted by molar-refractivity contribution is 5.76. The van der Waals surface area contributed by atoms with Crippen molar-refractivity contribution >= 4 is 16.7 Å². The number of para-hydroxylation sites is 2. The Morgan fingerprint density at radius 3 is 2.57 bits per heavy atom. The van der Waals surface area contributed by atoms with Crippen LogP contribution in [-0.2, 0) is 13.0 Å². The lowest BCUT2D eigenvalue weighted by Gasteiger charge is -2.09. The zero-order valence-corrected chi connectivity index (χ0v) is 12.4. The second-order valence-corrected chi connectivity index (χ2v) is 5.45. The Bertz CT molecular complexity index is 726. The van der Waals surface area contributed by atoms with Gasteiger partial charge in [0.05, 0.1) is 11.0 Å². The number of aryl methyl sites for hydroxylation is 1. The maximum absolute atomic E-state index is 5.77. The molecule has 0 amide bonds. The molecule has 0 aliphatic rings. The molecular formula is C18H21N3. The van der Waals surface area contributed by atoms with Gasteiger partial charge in [-0.15, -0.1) is 0 Å². The van der Waals surface area contributed by atoms with Gasteiger partial charge < -0.3 is 10.3 Å². The fourth-order valence-electron chi connectivity index (χ4n) is 2.63. The molecule has 1 heterocycles. The van der Waals surface area contributed by atoms with E-state index in [0.717, 1.165) is 24.2 Å². The summed E-state index contributed by atoms with van der Waals surface area (Å²) in [6, 6.07) is 16.5. The Morgan fingerprint density at radius 1 is 1.05 bits per heavy atom. The van der Waals surface area contributed by atoms with Gasteiger partial charge in [-0.2, -0.15) is 0 Å². The van der Waals surface area contributed by atoms with Crippen LogP contribution in [0.2, 0.25) is 0 Å². The molecule has 0 bridgehead atoms. The van der Waals surface area contributed by atoms with E-state index in [9.17, 15) is 0 Å². The molecule has 0 aliphatic carbocycles. The predicted molar refractivity (Wildman–Crippen MR) is 88.3 cm³/mol. The highest BCUT2D eigenvalue weighted by Crippen LogP contribution is 2.19. The average molecular weight is 279 g/mol. The van der Waals surface area contributed by atoms with Crippen LogP contribution in [0.5, 0.6) is 0 Å². The van der Waals surface area contributed by atoms with E-state index in [1.165, 1.54) is 29.7 Å². The first-order chi connectivity index (χ1) is 10.3. The topological polar surface area (TPSA) is 43.8 Å².